The molecule has 1 aliphatic rings. The highest BCUT2D eigenvalue weighted by Crippen LogP contribution is 2.23. The van der Waals surface area contributed by atoms with Crippen molar-refractivity contribution in [2.24, 2.45) is 5.92 Å². The maximum atomic E-state index is 13.1. The Kier molecular flexibility index (Phi) is 29.7. The van der Waals surface area contributed by atoms with Crippen LogP contribution in [0.5, 0.6) is 0 Å². The summed E-state index contributed by atoms with van der Waals surface area (Å²) in [6.45, 7) is 4.40. The van der Waals surface area contributed by atoms with E-state index in [1.165, 1.54) is 154 Å². The lowest BCUT2D eigenvalue weighted by molar-refractivity contribution is -0.202. The Hall–Kier alpha value is -0.690. The fourth-order valence-corrected chi connectivity index (χ4v) is 6.85. The number of ether oxygens (including phenoxy) is 2. The van der Waals surface area contributed by atoms with Crippen LogP contribution >= 0.6 is 0 Å². The largest absolute Gasteiger partial charge is 0.463 e. The van der Waals surface area contributed by atoms with E-state index in [9.17, 15) is 20.1 Å². The van der Waals surface area contributed by atoms with Crippen LogP contribution in [0, 0.1) is 5.92 Å². The molecule has 0 saturated carbocycles. The predicted molar refractivity (Wildman–Crippen MR) is 192 cm³/mol. The average molecular weight is 655 g/mol. The fraction of sp³-hybridized carbons (Fsp3) is 0.975. The SMILES string of the molecule is CCCCCCCCCCCCCCCCC(CCCCCCCCCCCCCCCC)C(=O)OCC1OCC(O)C(O)[C@@H]1O. The molecule has 6 heteroatoms. The maximum absolute atomic E-state index is 13.1. The Morgan fingerprint density at radius 3 is 1.22 bits per heavy atom. The molecule has 0 spiro atoms. The summed E-state index contributed by atoms with van der Waals surface area (Å²) in [5.41, 5.74) is 0. The van der Waals surface area contributed by atoms with E-state index in [0.717, 1.165) is 38.5 Å². The van der Waals surface area contributed by atoms with Crippen LogP contribution in [0.25, 0.3) is 0 Å². The number of hydrogen-bond donors (Lipinski definition) is 3. The predicted octanol–water partition coefficient (Wildman–Crippen LogP) is 10.4. The lowest BCUT2D eigenvalue weighted by atomic mass is 9.94. The highest BCUT2D eigenvalue weighted by molar-refractivity contribution is 5.72. The van der Waals surface area contributed by atoms with Crippen molar-refractivity contribution in [2.75, 3.05) is 13.2 Å². The smallest absolute Gasteiger partial charge is 0.309 e. The summed E-state index contributed by atoms with van der Waals surface area (Å²) in [7, 11) is 0. The summed E-state index contributed by atoms with van der Waals surface area (Å²) >= 11 is 0. The molecule has 6 nitrogen and oxygen atoms in total. The number of carbonyl (C=O) groups is 1. The minimum Gasteiger partial charge on any atom is -0.463 e. The molecule has 0 aliphatic carbocycles. The van der Waals surface area contributed by atoms with Gasteiger partial charge in [0.25, 0.3) is 0 Å². The molecule has 1 saturated heterocycles. The molecule has 0 amide bonds. The van der Waals surface area contributed by atoms with Crippen molar-refractivity contribution in [2.45, 2.75) is 231 Å². The van der Waals surface area contributed by atoms with E-state index in [-0.39, 0.29) is 25.1 Å². The van der Waals surface area contributed by atoms with Crippen molar-refractivity contribution in [3.8, 4) is 0 Å². The second-order valence-electron chi connectivity index (χ2n) is 14.5. The van der Waals surface area contributed by atoms with Gasteiger partial charge in [0.2, 0.25) is 0 Å². The molecule has 1 aliphatic heterocycles. The van der Waals surface area contributed by atoms with Crippen LogP contribution in [0.2, 0.25) is 0 Å². The van der Waals surface area contributed by atoms with E-state index in [0.29, 0.717) is 0 Å². The van der Waals surface area contributed by atoms with E-state index in [2.05, 4.69) is 13.8 Å². The highest BCUT2D eigenvalue weighted by Gasteiger charge is 2.38. The van der Waals surface area contributed by atoms with E-state index >= 15 is 0 Å². The zero-order valence-corrected chi connectivity index (χ0v) is 30.6. The number of esters is 1. The van der Waals surface area contributed by atoms with Gasteiger partial charge in [0, 0.05) is 0 Å². The quantitative estimate of drug-likeness (QED) is 0.0481. The number of aliphatic hydroxyl groups is 3. The Morgan fingerprint density at radius 2 is 0.870 bits per heavy atom. The highest BCUT2D eigenvalue weighted by atomic mass is 16.6. The first kappa shape index (κ1) is 43.3. The molecule has 4 atom stereocenters. The van der Waals surface area contributed by atoms with Crippen LogP contribution in [0.4, 0.5) is 0 Å². The lowest BCUT2D eigenvalue weighted by Gasteiger charge is -2.35. The third kappa shape index (κ3) is 23.6. The van der Waals surface area contributed by atoms with E-state index in [1.807, 2.05) is 0 Å². The first-order chi connectivity index (χ1) is 22.5. The first-order valence-electron chi connectivity index (χ1n) is 20.3. The van der Waals surface area contributed by atoms with Crippen LogP contribution < -0.4 is 0 Å². The molecule has 1 fully saturated rings. The maximum Gasteiger partial charge on any atom is 0.309 e. The van der Waals surface area contributed by atoms with E-state index in [1.54, 1.807) is 0 Å². The molecule has 1 rings (SSSR count). The van der Waals surface area contributed by atoms with Crippen molar-refractivity contribution in [3.05, 3.63) is 0 Å². The molecule has 46 heavy (non-hydrogen) atoms. The minimum atomic E-state index is -1.28. The number of rotatable bonds is 33. The van der Waals surface area contributed by atoms with Crippen LogP contribution in [0.3, 0.4) is 0 Å². The van der Waals surface area contributed by atoms with Crippen LogP contribution in [-0.2, 0) is 14.3 Å². The molecule has 1 heterocycles. The van der Waals surface area contributed by atoms with E-state index < -0.39 is 24.4 Å². The van der Waals surface area contributed by atoms with Crippen LogP contribution in [-0.4, -0.2) is 58.9 Å². The van der Waals surface area contributed by atoms with Crippen molar-refractivity contribution < 1.29 is 29.6 Å². The Labute approximate surface area is 285 Å². The first-order valence-corrected chi connectivity index (χ1v) is 20.3. The van der Waals surface area contributed by atoms with Gasteiger partial charge in [-0.25, -0.2) is 0 Å². The third-order valence-electron chi connectivity index (χ3n) is 10.1. The van der Waals surface area contributed by atoms with Crippen LogP contribution in [0.1, 0.15) is 206 Å². The van der Waals surface area contributed by atoms with Crippen molar-refractivity contribution in [1.29, 1.82) is 0 Å². The Morgan fingerprint density at radius 1 is 0.543 bits per heavy atom. The van der Waals surface area contributed by atoms with Crippen molar-refractivity contribution in [1.82, 2.24) is 0 Å². The third-order valence-corrected chi connectivity index (χ3v) is 10.1. The van der Waals surface area contributed by atoms with Gasteiger partial charge < -0.3 is 24.8 Å². The van der Waals surface area contributed by atoms with Crippen LogP contribution in [0.15, 0.2) is 0 Å². The van der Waals surface area contributed by atoms with Gasteiger partial charge in [0.05, 0.1) is 12.5 Å². The fourth-order valence-electron chi connectivity index (χ4n) is 6.85. The second-order valence-corrected chi connectivity index (χ2v) is 14.5. The Balaban J connectivity index is 2.23. The summed E-state index contributed by atoms with van der Waals surface area (Å²) in [5.74, 6) is -0.327. The van der Waals surface area contributed by atoms with Gasteiger partial charge in [-0.15, -0.1) is 0 Å². The van der Waals surface area contributed by atoms with Gasteiger partial charge in [-0.1, -0.05) is 194 Å². The van der Waals surface area contributed by atoms with Gasteiger partial charge in [0.1, 0.15) is 31.0 Å². The zero-order valence-electron chi connectivity index (χ0n) is 30.6. The second kappa shape index (κ2) is 31.6. The normalized spacial score (nSPS) is 20.0. The Bertz CT molecular complexity index is 626. The summed E-state index contributed by atoms with van der Waals surface area (Å²) in [5, 5.41) is 29.9. The van der Waals surface area contributed by atoms with Gasteiger partial charge in [-0.2, -0.15) is 0 Å². The van der Waals surface area contributed by atoms with Gasteiger partial charge in [0.15, 0.2) is 0 Å². The standard InChI is InChI=1S/C40H78O6/c1-3-5-7-9-11-13-15-17-19-21-23-25-27-29-31-35(40(44)46-34-37-39(43)38(42)36(41)33-45-37)32-30-28-26-24-22-20-18-16-14-12-10-8-6-4-2/h35-39,41-43H,3-34H2,1-2H3/t36?,37?,38?,39-/m1/s1. The molecule has 3 unspecified atom stereocenters. The minimum absolute atomic E-state index is 0.0675. The molecule has 0 aromatic carbocycles. The lowest BCUT2D eigenvalue weighted by Crippen LogP contribution is -2.54. The molecule has 0 aromatic rings. The number of unbranched alkanes of at least 4 members (excludes halogenated alkanes) is 26. The molecular formula is C40H78O6. The zero-order chi connectivity index (χ0) is 33.5. The summed E-state index contributed by atoms with van der Waals surface area (Å²) in [4.78, 5) is 13.1. The number of hydrogen-bond acceptors (Lipinski definition) is 6. The van der Waals surface area contributed by atoms with Gasteiger partial charge in [-0.3, -0.25) is 4.79 Å². The van der Waals surface area contributed by atoms with Gasteiger partial charge in [-0.05, 0) is 12.8 Å². The molecular weight excluding hydrogens is 576 g/mol. The average Bonchev–Trinajstić information content (AvgIpc) is 3.06. The van der Waals surface area contributed by atoms with E-state index in [4.69, 9.17) is 9.47 Å². The number of aliphatic hydroxyl groups excluding tert-OH is 3. The molecule has 3 N–H and O–H groups in total. The van der Waals surface area contributed by atoms with Gasteiger partial charge >= 0.3 is 5.97 Å². The molecule has 0 aromatic heterocycles. The van der Waals surface area contributed by atoms with Crippen molar-refractivity contribution in [3.63, 3.8) is 0 Å². The molecule has 0 bridgehead atoms. The topological polar surface area (TPSA) is 96.2 Å². The summed E-state index contributed by atoms with van der Waals surface area (Å²) in [6.07, 6.45) is 34.2. The summed E-state index contributed by atoms with van der Waals surface area (Å²) in [6, 6.07) is 0. The number of carbonyl (C=O) groups excluding carboxylic acids is 1. The molecule has 274 valence electrons. The van der Waals surface area contributed by atoms with Crippen molar-refractivity contribution >= 4 is 5.97 Å². The summed E-state index contributed by atoms with van der Waals surface area (Å²) < 4.78 is 11.1. The monoisotopic (exact) mass is 655 g/mol. The molecule has 0 radical (unpaired) electrons.